The Hall–Kier alpha value is -1.99. The first-order chi connectivity index (χ1) is 10.6. The van der Waals surface area contributed by atoms with Gasteiger partial charge in [-0.25, -0.2) is 14.2 Å². The van der Waals surface area contributed by atoms with Gasteiger partial charge in [-0.15, -0.1) is 11.3 Å². The van der Waals surface area contributed by atoms with Crippen LogP contribution in [0.25, 0.3) is 0 Å². The number of anilines is 1. The summed E-state index contributed by atoms with van der Waals surface area (Å²) in [6.07, 6.45) is 2.87. The normalized spacial score (nSPS) is 12.0. The van der Waals surface area contributed by atoms with Crippen molar-refractivity contribution < 1.29 is 14.3 Å². The van der Waals surface area contributed by atoms with Gasteiger partial charge in [0.05, 0.1) is 12.6 Å². The largest absolute Gasteiger partial charge is 0.394 e. The van der Waals surface area contributed by atoms with Crippen LogP contribution in [0.5, 0.6) is 0 Å². The SMILES string of the molecule is CCC(CO)NC(=O)Nc1ncc(Cc2cccc(F)c2)s1. The molecule has 0 aliphatic carbocycles. The maximum absolute atomic E-state index is 13.1. The van der Waals surface area contributed by atoms with Gasteiger partial charge in [0.25, 0.3) is 0 Å². The molecular weight excluding hydrogens is 305 g/mol. The molecule has 0 radical (unpaired) electrons. The molecule has 2 aromatic rings. The fourth-order valence-electron chi connectivity index (χ4n) is 1.89. The number of carbonyl (C=O) groups excluding carboxylic acids is 1. The van der Waals surface area contributed by atoms with E-state index in [9.17, 15) is 9.18 Å². The van der Waals surface area contributed by atoms with Crippen molar-refractivity contribution in [1.29, 1.82) is 0 Å². The summed E-state index contributed by atoms with van der Waals surface area (Å²) < 4.78 is 13.1. The minimum absolute atomic E-state index is 0.105. The summed E-state index contributed by atoms with van der Waals surface area (Å²) in [5.41, 5.74) is 0.853. The standard InChI is InChI=1S/C15H18FN3O2S/c1-2-12(9-20)18-14(21)19-15-17-8-13(22-15)7-10-4-3-5-11(16)6-10/h3-6,8,12,20H,2,7,9H2,1H3,(H2,17,18,19,21). The van der Waals surface area contributed by atoms with Crippen molar-refractivity contribution >= 4 is 22.5 Å². The summed E-state index contributed by atoms with van der Waals surface area (Å²) in [5, 5.41) is 14.8. The molecular formula is C15H18FN3O2S. The van der Waals surface area contributed by atoms with Crippen molar-refractivity contribution in [3.05, 3.63) is 46.7 Å². The van der Waals surface area contributed by atoms with Crippen molar-refractivity contribution in [3.63, 3.8) is 0 Å². The fraction of sp³-hybridized carbons (Fsp3) is 0.333. The van der Waals surface area contributed by atoms with Crippen molar-refractivity contribution in [3.8, 4) is 0 Å². The predicted octanol–water partition coefficient (Wildman–Crippen LogP) is 2.77. The predicted molar refractivity (Wildman–Crippen MR) is 84.6 cm³/mol. The Balaban J connectivity index is 1.92. The van der Waals surface area contributed by atoms with Crippen LogP contribution in [0.2, 0.25) is 0 Å². The monoisotopic (exact) mass is 323 g/mol. The zero-order valence-electron chi connectivity index (χ0n) is 12.2. The van der Waals surface area contributed by atoms with Crippen molar-refractivity contribution in [1.82, 2.24) is 10.3 Å². The summed E-state index contributed by atoms with van der Waals surface area (Å²) in [6.45, 7) is 1.77. The highest BCUT2D eigenvalue weighted by Crippen LogP contribution is 2.21. The number of aromatic nitrogens is 1. The van der Waals surface area contributed by atoms with Crippen LogP contribution in [0.15, 0.2) is 30.5 Å². The van der Waals surface area contributed by atoms with E-state index in [0.717, 1.165) is 10.4 Å². The molecule has 1 heterocycles. The van der Waals surface area contributed by atoms with Gasteiger partial charge in [-0.3, -0.25) is 5.32 Å². The number of aliphatic hydroxyl groups excluding tert-OH is 1. The smallest absolute Gasteiger partial charge is 0.321 e. The van der Waals surface area contributed by atoms with Gasteiger partial charge in [-0.05, 0) is 24.1 Å². The highest BCUT2D eigenvalue weighted by molar-refractivity contribution is 7.15. The van der Waals surface area contributed by atoms with Gasteiger partial charge in [-0.1, -0.05) is 19.1 Å². The second kappa shape index (κ2) is 7.86. The molecule has 0 spiro atoms. The Labute approximate surface area is 132 Å². The number of amides is 2. The molecule has 1 aromatic heterocycles. The number of hydrogen-bond acceptors (Lipinski definition) is 4. The number of carbonyl (C=O) groups is 1. The molecule has 0 aliphatic heterocycles. The van der Waals surface area contributed by atoms with E-state index in [0.29, 0.717) is 18.0 Å². The van der Waals surface area contributed by atoms with Gasteiger partial charge < -0.3 is 10.4 Å². The summed E-state index contributed by atoms with van der Waals surface area (Å²) >= 11 is 1.34. The molecule has 1 aromatic carbocycles. The maximum atomic E-state index is 13.1. The maximum Gasteiger partial charge on any atom is 0.321 e. The van der Waals surface area contributed by atoms with Crippen molar-refractivity contribution in [2.24, 2.45) is 0 Å². The molecule has 0 saturated heterocycles. The van der Waals surface area contributed by atoms with E-state index in [1.54, 1.807) is 12.3 Å². The number of nitrogens with zero attached hydrogens (tertiary/aromatic N) is 1. The molecule has 1 atom stereocenters. The van der Waals surface area contributed by atoms with Crippen LogP contribution in [0.1, 0.15) is 23.8 Å². The first-order valence-corrected chi connectivity index (χ1v) is 7.80. The average molecular weight is 323 g/mol. The van der Waals surface area contributed by atoms with E-state index >= 15 is 0 Å². The van der Waals surface area contributed by atoms with Crippen LogP contribution in [-0.2, 0) is 6.42 Å². The molecule has 22 heavy (non-hydrogen) atoms. The molecule has 5 nitrogen and oxygen atoms in total. The molecule has 7 heteroatoms. The number of nitrogens with one attached hydrogen (secondary N) is 2. The second-order valence-corrected chi connectivity index (χ2v) is 5.94. The highest BCUT2D eigenvalue weighted by Gasteiger charge is 2.11. The van der Waals surface area contributed by atoms with Crippen molar-refractivity contribution in [2.45, 2.75) is 25.8 Å². The van der Waals surface area contributed by atoms with Gasteiger partial charge >= 0.3 is 6.03 Å². The number of urea groups is 1. The van der Waals surface area contributed by atoms with Gasteiger partial charge in [-0.2, -0.15) is 0 Å². The number of benzene rings is 1. The van der Waals surface area contributed by atoms with Crippen LogP contribution in [0.4, 0.5) is 14.3 Å². The van der Waals surface area contributed by atoms with Crippen LogP contribution >= 0.6 is 11.3 Å². The van der Waals surface area contributed by atoms with E-state index in [2.05, 4.69) is 15.6 Å². The Morgan fingerprint density at radius 1 is 1.50 bits per heavy atom. The van der Waals surface area contributed by atoms with Crippen LogP contribution in [0.3, 0.4) is 0 Å². The van der Waals surface area contributed by atoms with Crippen LogP contribution in [0, 0.1) is 5.82 Å². The topological polar surface area (TPSA) is 74.2 Å². The summed E-state index contributed by atoms with van der Waals surface area (Å²) in [5.74, 6) is -0.269. The Kier molecular flexibility index (Phi) is 5.85. The van der Waals surface area contributed by atoms with E-state index in [4.69, 9.17) is 5.11 Å². The fourth-order valence-corrected chi connectivity index (χ4v) is 2.73. The first kappa shape index (κ1) is 16.4. The second-order valence-electron chi connectivity index (χ2n) is 4.82. The van der Waals surface area contributed by atoms with E-state index < -0.39 is 6.03 Å². The minimum atomic E-state index is -0.396. The lowest BCUT2D eigenvalue weighted by Crippen LogP contribution is -2.39. The molecule has 118 valence electrons. The molecule has 0 aliphatic rings. The zero-order valence-corrected chi connectivity index (χ0v) is 13.0. The quantitative estimate of drug-likeness (QED) is 0.765. The summed E-state index contributed by atoms with van der Waals surface area (Å²) in [4.78, 5) is 16.8. The highest BCUT2D eigenvalue weighted by atomic mass is 32.1. The molecule has 2 rings (SSSR count). The minimum Gasteiger partial charge on any atom is -0.394 e. The lowest BCUT2D eigenvalue weighted by atomic mass is 10.1. The van der Waals surface area contributed by atoms with Crippen LogP contribution < -0.4 is 10.6 Å². The number of halogens is 1. The first-order valence-electron chi connectivity index (χ1n) is 6.98. The molecule has 3 N–H and O–H groups in total. The molecule has 0 bridgehead atoms. The third kappa shape index (κ3) is 4.78. The lowest BCUT2D eigenvalue weighted by Gasteiger charge is -2.13. The van der Waals surface area contributed by atoms with E-state index in [-0.39, 0.29) is 18.5 Å². The number of aliphatic hydroxyl groups is 1. The Morgan fingerprint density at radius 3 is 3.00 bits per heavy atom. The van der Waals surface area contributed by atoms with Gasteiger partial charge in [0.15, 0.2) is 5.13 Å². The molecule has 0 fully saturated rings. The molecule has 2 amide bonds. The van der Waals surface area contributed by atoms with Crippen molar-refractivity contribution in [2.75, 3.05) is 11.9 Å². The number of thiazole rings is 1. The average Bonchev–Trinajstić information content (AvgIpc) is 2.91. The van der Waals surface area contributed by atoms with Gasteiger partial charge in [0.1, 0.15) is 5.82 Å². The summed E-state index contributed by atoms with van der Waals surface area (Å²) in [7, 11) is 0. The van der Waals surface area contributed by atoms with Gasteiger partial charge in [0, 0.05) is 17.5 Å². The van der Waals surface area contributed by atoms with E-state index in [1.807, 2.05) is 13.0 Å². The van der Waals surface area contributed by atoms with Gasteiger partial charge in [0.2, 0.25) is 0 Å². The van der Waals surface area contributed by atoms with Crippen LogP contribution in [-0.4, -0.2) is 28.8 Å². The number of rotatable bonds is 6. The lowest BCUT2D eigenvalue weighted by molar-refractivity contribution is 0.222. The zero-order chi connectivity index (χ0) is 15.9. The Morgan fingerprint density at radius 2 is 2.32 bits per heavy atom. The molecule has 0 saturated carbocycles. The third-order valence-electron chi connectivity index (χ3n) is 3.09. The van der Waals surface area contributed by atoms with E-state index in [1.165, 1.54) is 23.5 Å². The number of hydrogen-bond donors (Lipinski definition) is 3. The molecule has 1 unspecified atom stereocenters. The summed E-state index contributed by atoms with van der Waals surface area (Å²) in [6, 6.07) is 5.72. The Bertz CT molecular complexity index is 629. The third-order valence-corrected chi connectivity index (χ3v) is 4.00.